The average molecular weight is 344 g/mol. The lowest BCUT2D eigenvalue weighted by molar-refractivity contribution is 0.0980. The van der Waals surface area contributed by atoms with Crippen molar-refractivity contribution in [3.8, 4) is 0 Å². The van der Waals surface area contributed by atoms with Gasteiger partial charge in [-0.05, 0) is 17.7 Å². The van der Waals surface area contributed by atoms with E-state index in [1.807, 2.05) is 60.7 Å². The van der Waals surface area contributed by atoms with Crippen LogP contribution in [0.1, 0.15) is 16.1 Å². The molecule has 0 aliphatic carbocycles. The van der Waals surface area contributed by atoms with Gasteiger partial charge in [0.1, 0.15) is 17.8 Å². The molecular formula is C21H20N4O. The van der Waals surface area contributed by atoms with Crippen molar-refractivity contribution in [2.24, 2.45) is 0 Å². The van der Waals surface area contributed by atoms with Gasteiger partial charge in [-0.3, -0.25) is 4.79 Å². The molecule has 0 atom stereocenters. The molecule has 1 aromatic heterocycles. The Kier molecular flexibility index (Phi) is 5.72. The Morgan fingerprint density at radius 1 is 1.04 bits per heavy atom. The number of para-hydroxylation sites is 1. The maximum absolute atomic E-state index is 13.2. The first-order chi connectivity index (χ1) is 12.8. The van der Waals surface area contributed by atoms with Crippen LogP contribution in [0, 0.1) is 0 Å². The highest BCUT2D eigenvalue weighted by atomic mass is 16.2. The van der Waals surface area contributed by atoms with E-state index < -0.39 is 0 Å². The third-order valence-corrected chi connectivity index (χ3v) is 3.81. The van der Waals surface area contributed by atoms with Crippen molar-refractivity contribution in [3.05, 3.63) is 97.0 Å². The van der Waals surface area contributed by atoms with Crippen LogP contribution in [0.25, 0.3) is 0 Å². The quantitative estimate of drug-likeness (QED) is 0.660. The molecule has 26 heavy (non-hydrogen) atoms. The Morgan fingerprint density at radius 2 is 1.73 bits per heavy atom. The number of rotatable bonds is 7. The fraction of sp³-hybridized carbons (Fsp3) is 0.0952. The van der Waals surface area contributed by atoms with Crippen molar-refractivity contribution in [2.45, 2.75) is 6.54 Å². The summed E-state index contributed by atoms with van der Waals surface area (Å²) in [6.45, 7) is 4.69. The number of benzene rings is 2. The van der Waals surface area contributed by atoms with Gasteiger partial charge in [-0.25, -0.2) is 9.97 Å². The lowest BCUT2D eigenvalue weighted by Crippen LogP contribution is -2.31. The zero-order valence-electron chi connectivity index (χ0n) is 14.4. The Bertz CT molecular complexity index is 865. The number of nitrogens with zero attached hydrogens (tertiary/aromatic N) is 3. The van der Waals surface area contributed by atoms with Gasteiger partial charge in [0, 0.05) is 18.3 Å². The highest BCUT2D eigenvalue weighted by Crippen LogP contribution is 2.20. The predicted molar refractivity (Wildman–Crippen MR) is 104 cm³/mol. The monoisotopic (exact) mass is 344 g/mol. The second-order valence-corrected chi connectivity index (χ2v) is 5.67. The molecule has 0 saturated carbocycles. The Hall–Kier alpha value is -3.47. The molecule has 0 unspecified atom stereocenters. The van der Waals surface area contributed by atoms with Gasteiger partial charge in [-0.1, -0.05) is 54.6 Å². The van der Waals surface area contributed by atoms with Gasteiger partial charge in [0.25, 0.3) is 5.91 Å². The van der Waals surface area contributed by atoms with Gasteiger partial charge in [0.2, 0.25) is 0 Å². The summed E-state index contributed by atoms with van der Waals surface area (Å²) in [4.78, 5) is 23.2. The molecule has 0 fully saturated rings. The second-order valence-electron chi connectivity index (χ2n) is 5.67. The smallest absolute Gasteiger partial charge is 0.277 e. The van der Waals surface area contributed by atoms with Crippen LogP contribution in [0.2, 0.25) is 0 Å². The van der Waals surface area contributed by atoms with Crippen LogP contribution in [0.15, 0.2) is 85.7 Å². The van der Waals surface area contributed by atoms with E-state index >= 15 is 0 Å². The van der Waals surface area contributed by atoms with Crippen LogP contribution < -0.4 is 10.2 Å². The Balaban J connectivity index is 1.91. The zero-order valence-corrected chi connectivity index (χ0v) is 14.4. The standard InChI is InChI=1S/C21H20N4O/c1-2-13-22-20-14-19(23-16-24-20)21(26)25(18-11-7-4-8-12-18)15-17-9-5-3-6-10-17/h2-12,14,16H,1,13,15H2,(H,22,23,24). The number of hydrogen-bond acceptors (Lipinski definition) is 4. The van der Waals surface area contributed by atoms with Crippen LogP contribution in [-0.4, -0.2) is 22.4 Å². The third-order valence-electron chi connectivity index (χ3n) is 3.81. The summed E-state index contributed by atoms with van der Waals surface area (Å²) >= 11 is 0. The molecule has 1 N–H and O–H groups in total. The first-order valence-electron chi connectivity index (χ1n) is 8.35. The molecule has 0 aliphatic heterocycles. The van der Waals surface area contributed by atoms with Crippen LogP contribution in [0.5, 0.6) is 0 Å². The molecule has 0 spiro atoms. The summed E-state index contributed by atoms with van der Waals surface area (Å²) in [6.07, 6.45) is 3.12. The van der Waals surface area contributed by atoms with Crippen LogP contribution >= 0.6 is 0 Å². The number of hydrogen-bond donors (Lipinski definition) is 1. The molecule has 130 valence electrons. The summed E-state index contributed by atoms with van der Waals surface area (Å²) in [7, 11) is 0. The van der Waals surface area contributed by atoms with E-state index in [1.54, 1.807) is 17.0 Å². The largest absolute Gasteiger partial charge is 0.366 e. The third kappa shape index (κ3) is 4.33. The number of amides is 1. The van der Waals surface area contributed by atoms with Gasteiger partial charge < -0.3 is 10.2 Å². The van der Waals surface area contributed by atoms with E-state index in [1.165, 1.54) is 6.33 Å². The van der Waals surface area contributed by atoms with E-state index in [0.29, 0.717) is 24.6 Å². The van der Waals surface area contributed by atoms with Gasteiger partial charge in [-0.15, -0.1) is 6.58 Å². The Labute approximate surface area is 153 Å². The van der Waals surface area contributed by atoms with E-state index in [9.17, 15) is 4.79 Å². The molecule has 0 aliphatic rings. The minimum absolute atomic E-state index is 0.177. The summed E-state index contributed by atoms with van der Waals surface area (Å²) in [6, 6.07) is 21.1. The molecule has 0 radical (unpaired) electrons. The van der Waals surface area contributed by atoms with E-state index in [4.69, 9.17) is 0 Å². The highest BCUT2D eigenvalue weighted by Gasteiger charge is 2.20. The predicted octanol–water partition coefficient (Wildman–Crippen LogP) is 3.92. The van der Waals surface area contributed by atoms with Crippen molar-refractivity contribution in [1.82, 2.24) is 9.97 Å². The molecule has 5 nitrogen and oxygen atoms in total. The van der Waals surface area contributed by atoms with E-state index in [2.05, 4.69) is 21.9 Å². The molecule has 1 heterocycles. The first-order valence-corrected chi connectivity index (χ1v) is 8.35. The SMILES string of the molecule is C=CCNc1cc(C(=O)N(Cc2ccccc2)c2ccccc2)ncn1. The minimum Gasteiger partial charge on any atom is -0.366 e. The minimum atomic E-state index is -0.177. The lowest BCUT2D eigenvalue weighted by Gasteiger charge is -2.23. The molecule has 3 aromatic rings. The van der Waals surface area contributed by atoms with Gasteiger partial charge in [0.05, 0.1) is 6.54 Å². The van der Waals surface area contributed by atoms with E-state index in [-0.39, 0.29) is 5.91 Å². The lowest BCUT2D eigenvalue weighted by atomic mass is 10.2. The highest BCUT2D eigenvalue weighted by molar-refractivity contribution is 6.05. The topological polar surface area (TPSA) is 58.1 Å². The maximum atomic E-state index is 13.2. The summed E-state index contributed by atoms with van der Waals surface area (Å²) in [5.41, 5.74) is 2.20. The maximum Gasteiger partial charge on any atom is 0.277 e. The van der Waals surface area contributed by atoms with Crippen molar-refractivity contribution in [2.75, 3.05) is 16.8 Å². The average Bonchev–Trinajstić information content (AvgIpc) is 2.71. The second kappa shape index (κ2) is 8.58. The van der Waals surface area contributed by atoms with Crippen molar-refractivity contribution in [3.63, 3.8) is 0 Å². The number of nitrogens with one attached hydrogen (secondary N) is 1. The summed E-state index contributed by atoms with van der Waals surface area (Å²) < 4.78 is 0. The van der Waals surface area contributed by atoms with Crippen molar-refractivity contribution >= 4 is 17.4 Å². The molecule has 5 heteroatoms. The Morgan fingerprint density at radius 3 is 2.42 bits per heavy atom. The molecule has 0 saturated heterocycles. The zero-order chi connectivity index (χ0) is 18.2. The molecule has 1 amide bonds. The number of carbonyl (C=O) groups is 1. The number of anilines is 2. The van der Waals surface area contributed by atoms with E-state index in [0.717, 1.165) is 11.3 Å². The van der Waals surface area contributed by atoms with Crippen molar-refractivity contribution < 1.29 is 4.79 Å². The fourth-order valence-corrected chi connectivity index (χ4v) is 2.54. The van der Waals surface area contributed by atoms with Crippen molar-refractivity contribution in [1.29, 1.82) is 0 Å². The van der Waals surface area contributed by atoms with Gasteiger partial charge >= 0.3 is 0 Å². The van der Waals surface area contributed by atoms with Crippen LogP contribution in [0.4, 0.5) is 11.5 Å². The number of aromatic nitrogens is 2. The summed E-state index contributed by atoms with van der Waals surface area (Å²) in [5.74, 6) is 0.417. The molecular weight excluding hydrogens is 324 g/mol. The van der Waals surface area contributed by atoms with Crippen LogP contribution in [-0.2, 0) is 6.54 Å². The fourth-order valence-electron chi connectivity index (χ4n) is 2.54. The normalized spacial score (nSPS) is 10.2. The number of carbonyl (C=O) groups excluding carboxylic acids is 1. The van der Waals surface area contributed by atoms with Gasteiger partial charge in [0.15, 0.2) is 0 Å². The molecule has 2 aromatic carbocycles. The molecule has 3 rings (SSSR count). The van der Waals surface area contributed by atoms with Crippen LogP contribution in [0.3, 0.4) is 0 Å². The van der Waals surface area contributed by atoms with Gasteiger partial charge in [-0.2, -0.15) is 0 Å². The molecule has 0 bridgehead atoms. The first kappa shape index (κ1) is 17.4. The summed E-state index contributed by atoms with van der Waals surface area (Å²) in [5, 5.41) is 3.08.